The molecule has 136 valence electrons. The summed E-state index contributed by atoms with van der Waals surface area (Å²) in [7, 11) is 0. The third-order valence-electron chi connectivity index (χ3n) is 4.40. The molecular formula is C18H32IN5. The molecule has 2 rings (SSSR count). The van der Waals surface area contributed by atoms with Gasteiger partial charge in [0.1, 0.15) is 0 Å². The van der Waals surface area contributed by atoms with Crippen molar-refractivity contribution in [2.24, 2.45) is 10.7 Å². The molecule has 1 aromatic rings. The molecule has 1 aliphatic rings. The minimum Gasteiger partial charge on any atom is -0.370 e. The van der Waals surface area contributed by atoms with Gasteiger partial charge in [-0.25, -0.2) is 4.99 Å². The first-order valence-corrected chi connectivity index (χ1v) is 8.78. The summed E-state index contributed by atoms with van der Waals surface area (Å²) in [5.74, 6) is 0.540. The number of likely N-dealkylation sites (N-methyl/N-ethyl adjacent to an activating group) is 1. The van der Waals surface area contributed by atoms with Crippen molar-refractivity contribution in [2.45, 2.75) is 33.4 Å². The number of nitrogens with two attached hydrogens (primary N) is 1. The number of hydrogen-bond donors (Lipinski definition) is 2. The van der Waals surface area contributed by atoms with E-state index in [9.17, 15) is 0 Å². The second-order valence-corrected chi connectivity index (χ2v) is 6.11. The molecule has 0 atom stereocenters. The zero-order valence-corrected chi connectivity index (χ0v) is 17.3. The Bertz CT molecular complexity index is 498. The second-order valence-electron chi connectivity index (χ2n) is 6.11. The molecule has 24 heavy (non-hydrogen) atoms. The predicted molar refractivity (Wildman–Crippen MR) is 113 cm³/mol. The van der Waals surface area contributed by atoms with Gasteiger partial charge >= 0.3 is 0 Å². The maximum Gasteiger partial charge on any atom is 0.188 e. The molecule has 0 saturated carbocycles. The van der Waals surface area contributed by atoms with Crippen LogP contribution in [0.2, 0.25) is 0 Å². The van der Waals surface area contributed by atoms with Gasteiger partial charge in [-0.2, -0.15) is 0 Å². The van der Waals surface area contributed by atoms with Crippen molar-refractivity contribution in [1.82, 2.24) is 15.1 Å². The van der Waals surface area contributed by atoms with Gasteiger partial charge in [-0.15, -0.1) is 24.0 Å². The fourth-order valence-electron chi connectivity index (χ4n) is 2.85. The van der Waals surface area contributed by atoms with E-state index in [2.05, 4.69) is 58.2 Å². The van der Waals surface area contributed by atoms with Crippen LogP contribution in [0.4, 0.5) is 0 Å². The van der Waals surface area contributed by atoms with E-state index in [-0.39, 0.29) is 24.0 Å². The zero-order valence-electron chi connectivity index (χ0n) is 15.0. The largest absolute Gasteiger partial charge is 0.370 e. The topological polar surface area (TPSA) is 56.9 Å². The number of piperazine rings is 1. The van der Waals surface area contributed by atoms with Crippen molar-refractivity contribution >= 4 is 29.9 Å². The lowest BCUT2D eigenvalue weighted by atomic mass is 10.1. The van der Waals surface area contributed by atoms with Gasteiger partial charge in [-0.05, 0) is 24.1 Å². The fourth-order valence-corrected chi connectivity index (χ4v) is 2.85. The molecule has 0 spiro atoms. The lowest BCUT2D eigenvalue weighted by Crippen LogP contribution is -2.45. The summed E-state index contributed by atoms with van der Waals surface area (Å²) >= 11 is 0. The molecular weight excluding hydrogens is 413 g/mol. The van der Waals surface area contributed by atoms with Crippen LogP contribution in [0.25, 0.3) is 0 Å². The third kappa shape index (κ3) is 6.94. The standard InChI is InChI=1S/C18H31N5.HI/c1-3-9-20-18(19)21-14-16-7-5-6-8-17(16)15-23-12-10-22(4-2)11-13-23;/h5-8H,3-4,9-15H2,1-2H3,(H3,19,20,21);1H. The van der Waals surface area contributed by atoms with Crippen LogP contribution in [-0.2, 0) is 13.1 Å². The number of benzene rings is 1. The number of rotatable bonds is 7. The smallest absolute Gasteiger partial charge is 0.188 e. The number of hydrogen-bond acceptors (Lipinski definition) is 3. The Morgan fingerprint density at radius 1 is 1.08 bits per heavy atom. The fraction of sp³-hybridized carbons (Fsp3) is 0.611. The maximum atomic E-state index is 5.90. The number of aliphatic imine (C=N–C) groups is 1. The summed E-state index contributed by atoms with van der Waals surface area (Å²) in [4.78, 5) is 9.51. The average Bonchev–Trinajstić information content (AvgIpc) is 2.60. The Morgan fingerprint density at radius 2 is 1.71 bits per heavy atom. The van der Waals surface area contributed by atoms with Gasteiger partial charge in [0.15, 0.2) is 5.96 Å². The highest BCUT2D eigenvalue weighted by molar-refractivity contribution is 14.0. The van der Waals surface area contributed by atoms with Crippen LogP contribution in [0.15, 0.2) is 29.3 Å². The van der Waals surface area contributed by atoms with E-state index < -0.39 is 0 Å². The molecule has 0 aromatic heterocycles. The zero-order chi connectivity index (χ0) is 16.5. The van der Waals surface area contributed by atoms with Gasteiger partial charge in [0.25, 0.3) is 0 Å². The average molecular weight is 445 g/mol. The van der Waals surface area contributed by atoms with Crippen LogP contribution in [0.1, 0.15) is 31.4 Å². The van der Waals surface area contributed by atoms with Gasteiger partial charge in [0, 0.05) is 39.3 Å². The van der Waals surface area contributed by atoms with Crippen LogP contribution in [0.5, 0.6) is 0 Å². The number of halogens is 1. The molecule has 6 heteroatoms. The lowest BCUT2D eigenvalue weighted by Gasteiger charge is -2.34. The summed E-state index contributed by atoms with van der Waals surface area (Å²) in [6.45, 7) is 12.7. The van der Waals surface area contributed by atoms with E-state index in [1.165, 1.54) is 24.2 Å². The van der Waals surface area contributed by atoms with Crippen molar-refractivity contribution in [3.8, 4) is 0 Å². The molecule has 1 fully saturated rings. The van der Waals surface area contributed by atoms with Crippen LogP contribution in [0, 0.1) is 0 Å². The first-order chi connectivity index (χ1) is 11.2. The van der Waals surface area contributed by atoms with Gasteiger partial charge in [-0.3, -0.25) is 4.90 Å². The number of nitrogens with one attached hydrogen (secondary N) is 1. The summed E-state index contributed by atoms with van der Waals surface area (Å²) < 4.78 is 0. The van der Waals surface area contributed by atoms with E-state index in [1.807, 2.05) is 0 Å². The van der Waals surface area contributed by atoms with E-state index in [4.69, 9.17) is 5.73 Å². The molecule has 0 amide bonds. The lowest BCUT2D eigenvalue weighted by molar-refractivity contribution is 0.131. The van der Waals surface area contributed by atoms with E-state index >= 15 is 0 Å². The molecule has 0 radical (unpaired) electrons. The van der Waals surface area contributed by atoms with Crippen molar-refractivity contribution in [2.75, 3.05) is 39.3 Å². The molecule has 1 saturated heterocycles. The molecule has 5 nitrogen and oxygen atoms in total. The monoisotopic (exact) mass is 445 g/mol. The summed E-state index contributed by atoms with van der Waals surface area (Å²) in [5, 5.41) is 3.13. The SMILES string of the molecule is CCCNC(N)=NCc1ccccc1CN1CCN(CC)CC1.I. The first-order valence-electron chi connectivity index (χ1n) is 8.78. The molecule has 1 aliphatic heterocycles. The van der Waals surface area contributed by atoms with Crippen LogP contribution >= 0.6 is 24.0 Å². The highest BCUT2D eigenvalue weighted by Gasteiger charge is 2.16. The summed E-state index contributed by atoms with van der Waals surface area (Å²) in [6.07, 6.45) is 1.05. The van der Waals surface area contributed by atoms with E-state index in [1.54, 1.807) is 0 Å². The van der Waals surface area contributed by atoms with Gasteiger partial charge in [-0.1, -0.05) is 38.1 Å². The maximum absolute atomic E-state index is 5.90. The van der Waals surface area contributed by atoms with Crippen molar-refractivity contribution in [3.63, 3.8) is 0 Å². The quantitative estimate of drug-likeness (QED) is 0.384. The van der Waals surface area contributed by atoms with E-state index in [0.717, 1.165) is 39.1 Å². The second kappa shape index (κ2) is 11.7. The third-order valence-corrected chi connectivity index (χ3v) is 4.40. The molecule has 3 N–H and O–H groups in total. The van der Waals surface area contributed by atoms with Gasteiger partial charge < -0.3 is 16.0 Å². The van der Waals surface area contributed by atoms with Crippen molar-refractivity contribution in [1.29, 1.82) is 0 Å². The number of nitrogens with zero attached hydrogens (tertiary/aromatic N) is 3. The molecule has 0 aliphatic carbocycles. The molecule has 0 unspecified atom stereocenters. The molecule has 0 bridgehead atoms. The summed E-state index contributed by atoms with van der Waals surface area (Å²) in [5.41, 5.74) is 8.53. The van der Waals surface area contributed by atoms with Crippen LogP contribution in [-0.4, -0.2) is 55.0 Å². The molecule has 1 heterocycles. The summed E-state index contributed by atoms with van der Waals surface area (Å²) in [6, 6.07) is 8.57. The van der Waals surface area contributed by atoms with Crippen molar-refractivity contribution in [3.05, 3.63) is 35.4 Å². The van der Waals surface area contributed by atoms with Crippen LogP contribution < -0.4 is 11.1 Å². The van der Waals surface area contributed by atoms with Crippen LogP contribution in [0.3, 0.4) is 0 Å². The highest BCUT2D eigenvalue weighted by Crippen LogP contribution is 2.14. The Hall–Kier alpha value is -0.860. The minimum absolute atomic E-state index is 0. The van der Waals surface area contributed by atoms with Crippen molar-refractivity contribution < 1.29 is 0 Å². The minimum atomic E-state index is 0. The first kappa shape index (κ1) is 21.2. The van der Waals surface area contributed by atoms with E-state index in [0.29, 0.717) is 12.5 Å². The Labute approximate surface area is 163 Å². The number of guanidine groups is 1. The molecule has 1 aromatic carbocycles. The van der Waals surface area contributed by atoms with Gasteiger partial charge in [0.05, 0.1) is 6.54 Å². The van der Waals surface area contributed by atoms with Gasteiger partial charge in [0.2, 0.25) is 0 Å². The Morgan fingerprint density at radius 3 is 2.33 bits per heavy atom. The Kier molecular flexibility index (Phi) is 10.3. The predicted octanol–water partition coefficient (Wildman–Crippen LogP) is 2.26. The highest BCUT2D eigenvalue weighted by atomic mass is 127. The normalized spacial score (nSPS) is 16.7. The Balaban J connectivity index is 0.00000288.